The van der Waals surface area contributed by atoms with E-state index in [0.717, 1.165) is 0 Å². The predicted octanol–water partition coefficient (Wildman–Crippen LogP) is 2.60. The van der Waals surface area contributed by atoms with Gasteiger partial charge in [0.15, 0.2) is 0 Å². The number of ether oxygens (including phenoxy) is 1. The molecule has 1 aliphatic carbocycles. The molecule has 1 atom stereocenters. The number of rotatable bonds is 4. The van der Waals surface area contributed by atoms with Crippen LogP contribution in [0.1, 0.15) is 32.6 Å². The normalized spacial score (nSPS) is 23.2. The summed E-state index contributed by atoms with van der Waals surface area (Å²) in [6.07, 6.45) is 1.02. The van der Waals surface area contributed by atoms with E-state index in [1.54, 1.807) is 0 Å². The summed E-state index contributed by atoms with van der Waals surface area (Å²) >= 11 is 0. The summed E-state index contributed by atoms with van der Waals surface area (Å²) in [7, 11) is 0. The monoisotopic (exact) mass is 243 g/mol. The van der Waals surface area contributed by atoms with Gasteiger partial charge >= 0.3 is 0 Å². The van der Waals surface area contributed by atoms with Crippen LogP contribution in [-0.4, -0.2) is 25.2 Å². The van der Waals surface area contributed by atoms with E-state index in [0.29, 0.717) is 26.0 Å². The van der Waals surface area contributed by atoms with Gasteiger partial charge in [0, 0.05) is 26.0 Å². The zero-order valence-corrected chi connectivity index (χ0v) is 9.86. The first-order chi connectivity index (χ1) is 6.59. The maximum atomic E-state index is 12.9. The van der Waals surface area contributed by atoms with Gasteiger partial charge in [0.2, 0.25) is 5.92 Å². The molecule has 1 rings (SSSR count). The van der Waals surface area contributed by atoms with Gasteiger partial charge in [-0.1, -0.05) is 0 Å². The zero-order valence-electron chi connectivity index (χ0n) is 9.05. The molecule has 0 aliphatic heterocycles. The molecule has 5 heteroatoms. The molecule has 15 heavy (non-hydrogen) atoms. The quantitative estimate of drug-likeness (QED) is 0.824. The van der Waals surface area contributed by atoms with Crippen molar-refractivity contribution < 1.29 is 13.5 Å². The Labute approximate surface area is 96.0 Å². The summed E-state index contributed by atoms with van der Waals surface area (Å²) in [5.74, 6) is -2.23. The van der Waals surface area contributed by atoms with Crippen molar-refractivity contribution in [3.63, 3.8) is 0 Å². The minimum Gasteiger partial charge on any atom is -0.377 e. The van der Waals surface area contributed by atoms with E-state index in [1.807, 2.05) is 6.92 Å². The topological polar surface area (TPSA) is 35.2 Å². The molecule has 0 aromatic rings. The highest BCUT2D eigenvalue weighted by atomic mass is 35.5. The summed E-state index contributed by atoms with van der Waals surface area (Å²) in [4.78, 5) is 0. The molecule has 0 saturated heterocycles. The lowest BCUT2D eigenvalue weighted by Crippen LogP contribution is -2.37. The Morgan fingerprint density at radius 3 is 2.33 bits per heavy atom. The number of alkyl halides is 2. The van der Waals surface area contributed by atoms with Crippen LogP contribution in [-0.2, 0) is 4.74 Å². The Bertz CT molecular complexity index is 171. The van der Waals surface area contributed by atoms with Gasteiger partial charge < -0.3 is 10.5 Å². The minimum atomic E-state index is -2.46. The first-order valence-corrected chi connectivity index (χ1v) is 5.28. The summed E-state index contributed by atoms with van der Waals surface area (Å²) in [5, 5.41) is 0. The lowest BCUT2D eigenvalue weighted by molar-refractivity contribution is -0.0715. The minimum absolute atomic E-state index is 0. The molecular weight excluding hydrogens is 224 g/mol. The van der Waals surface area contributed by atoms with Crippen LogP contribution < -0.4 is 5.73 Å². The second-order valence-electron chi connectivity index (χ2n) is 3.92. The highest BCUT2D eigenvalue weighted by molar-refractivity contribution is 5.85. The van der Waals surface area contributed by atoms with E-state index < -0.39 is 5.92 Å². The molecule has 1 aliphatic rings. The van der Waals surface area contributed by atoms with E-state index in [9.17, 15) is 8.78 Å². The molecular formula is C10H20ClF2NO. The average molecular weight is 244 g/mol. The second kappa shape index (κ2) is 6.61. The van der Waals surface area contributed by atoms with Gasteiger partial charge in [0.25, 0.3) is 0 Å². The van der Waals surface area contributed by atoms with Crippen molar-refractivity contribution in [3.05, 3.63) is 0 Å². The van der Waals surface area contributed by atoms with Crippen molar-refractivity contribution in [2.45, 2.75) is 44.6 Å². The first kappa shape index (κ1) is 15.1. The lowest BCUT2D eigenvalue weighted by atomic mass is 9.83. The van der Waals surface area contributed by atoms with Crippen molar-refractivity contribution in [2.75, 3.05) is 13.2 Å². The van der Waals surface area contributed by atoms with Gasteiger partial charge in [-0.05, 0) is 25.7 Å². The van der Waals surface area contributed by atoms with Gasteiger partial charge in [-0.2, -0.15) is 0 Å². The van der Waals surface area contributed by atoms with Crippen LogP contribution in [0.15, 0.2) is 0 Å². The number of halogens is 3. The average Bonchev–Trinajstić information content (AvgIpc) is 2.15. The standard InChI is InChI=1S/C10H19F2NO.ClH/c1-2-14-9(7-13)8-3-5-10(11,12)6-4-8;/h8-9H,2-7,13H2,1H3;1H. The third kappa shape index (κ3) is 4.62. The zero-order chi connectivity index (χ0) is 10.6. The highest BCUT2D eigenvalue weighted by Crippen LogP contribution is 2.37. The Hall–Kier alpha value is 0.0700. The van der Waals surface area contributed by atoms with Crippen LogP contribution in [0.3, 0.4) is 0 Å². The van der Waals surface area contributed by atoms with Crippen LogP contribution >= 0.6 is 12.4 Å². The molecule has 0 aromatic carbocycles. The molecule has 92 valence electrons. The van der Waals surface area contributed by atoms with Crippen molar-refractivity contribution in [2.24, 2.45) is 11.7 Å². The van der Waals surface area contributed by atoms with Crippen LogP contribution in [0.4, 0.5) is 8.78 Å². The second-order valence-corrected chi connectivity index (χ2v) is 3.92. The third-order valence-electron chi connectivity index (χ3n) is 2.90. The first-order valence-electron chi connectivity index (χ1n) is 5.28. The summed E-state index contributed by atoms with van der Waals surface area (Å²) in [5.41, 5.74) is 5.54. The van der Waals surface area contributed by atoms with Gasteiger partial charge in [0.1, 0.15) is 0 Å². The Balaban J connectivity index is 0.00000196. The molecule has 0 heterocycles. The fourth-order valence-corrected chi connectivity index (χ4v) is 2.04. The van der Waals surface area contributed by atoms with E-state index in [4.69, 9.17) is 10.5 Å². The molecule has 0 bridgehead atoms. The molecule has 0 amide bonds. The molecule has 0 spiro atoms. The Kier molecular flexibility index (Phi) is 6.64. The van der Waals surface area contributed by atoms with Crippen LogP contribution in [0.2, 0.25) is 0 Å². The molecule has 2 N–H and O–H groups in total. The van der Waals surface area contributed by atoms with E-state index in [-0.39, 0.29) is 37.3 Å². The summed E-state index contributed by atoms with van der Waals surface area (Å²) in [6.45, 7) is 2.94. The van der Waals surface area contributed by atoms with Crippen LogP contribution in [0, 0.1) is 5.92 Å². The van der Waals surface area contributed by atoms with E-state index >= 15 is 0 Å². The predicted molar refractivity (Wildman–Crippen MR) is 58.6 cm³/mol. The molecule has 1 unspecified atom stereocenters. The van der Waals surface area contributed by atoms with Crippen LogP contribution in [0.5, 0.6) is 0 Å². The lowest BCUT2D eigenvalue weighted by Gasteiger charge is -2.32. The molecule has 0 radical (unpaired) electrons. The molecule has 0 aromatic heterocycles. The highest BCUT2D eigenvalue weighted by Gasteiger charge is 2.37. The van der Waals surface area contributed by atoms with Crippen LogP contribution in [0.25, 0.3) is 0 Å². The number of hydrogen-bond donors (Lipinski definition) is 1. The maximum absolute atomic E-state index is 12.9. The smallest absolute Gasteiger partial charge is 0.248 e. The third-order valence-corrected chi connectivity index (χ3v) is 2.90. The fourth-order valence-electron chi connectivity index (χ4n) is 2.04. The Morgan fingerprint density at radius 1 is 1.40 bits per heavy atom. The number of hydrogen-bond acceptors (Lipinski definition) is 2. The van der Waals surface area contributed by atoms with Crippen molar-refractivity contribution in [1.29, 1.82) is 0 Å². The summed E-state index contributed by atoms with van der Waals surface area (Å²) < 4.78 is 31.1. The maximum Gasteiger partial charge on any atom is 0.248 e. The van der Waals surface area contributed by atoms with Gasteiger partial charge in [-0.15, -0.1) is 12.4 Å². The van der Waals surface area contributed by atoms with Crippen molar-refractivity contribution in [3.8, 4) is 0 Å². The Morgan fingerprint density at radius 2 is 1.93 bits per heavy atom. The van der Waals surface area contributed by atoms with Crippen molar-refractivity contribution in [1.82, 2.24) is 0 Å². The summed E-state index contributed by atoms with van der Waals surface area (Å²) in [6, 6.07) is 0. The largest absolute Gasteiger partial charge is 0.377 e. The van der Waals surface area contributed by atoms with E-state index in [2.05, 4.69) is 0 Å². The molecule has 2 nitrogen and oxygen atoms in total. The SMILES string of the molecule is CCOC(CN)C1CCC(F)(F)CC1.Cl. The van der Waals surface area contributed by atoms with Crippen molar-refractivity contribution >= 4 is 12.4 Å². The van der Waals surface area contributed by atoms with E-state index in [1.165, 1.54) is 0 Å². The molecule has 1 fully saturated rings. The number of nitrogens with two attached hydrogens (primary N) is 1. The molecule has 1 saturated carbocycles. The fraction of sp³-hybridized carbons (Fsp3) is 1.00. The van der Waals surface area contributed by atoms with Gasteiger partial charge in [-0.3, -0.25) is 0 Å². The van der Waals surface area contributed by atoms with Gasteiger partial charge in [-0.25, -0.2) is 8.78 Å². The van der Waals surface area contributed by atoms with Gasteiger partial charge in [0.05, 0.1) is 6.10 Å².